The summed E-state index contributed by atoms with van der Waals surface area (Å²) in [5.74, 6) is -0.602. The molecule has 1 atom stereocenters. The number of nitrogens with one attached hydrogen (secondary N) is 1. The predicted octanol–water partition coefficient (Wildman–Crippen LogP) is 2.40. The molecule has 0 unspecified atom stereocenters. The van der Waals surface area contributed by atoms with E-state index < -0.39 is 0 Å². The maximum absolute atomic E-state index is 12.0. The smallest absolute Gasteiger partial charge is 0.234 e. The molecule has 2 fully saturated rings. The highest BCUT2D eigenvalue weighted by atomic mass is 16.2. The molecular formula is C19H24N2O3. The minimum atomic E-state index is -0.228. The van der Waals surface area contributed by atoms with E-state index >= 15 is 0 Å². The van der Waals surface area contributed by atoms with Gasteiger partial charge in [-0.25, -0.2) is 0 Å². The summed E-state index contributed by atoms with van der Waals surface area (Å²) in [4.78, 5) is 36.3. The third-order valence-corrected chi connectivity index (χ3v) is 5.45. The molecule has 2 aliphatic heterocycles. The highest BCUT2D eigenvalue weighted by Crippen LogP contribution is 2.35. The summed E-state index contributed by atoms with van der Waals surface area (Å²) < 4.78 is 0. The van der Waals surface area contributed by atoms with Crippen LogP contribution in [-0.2, 0) is 14.4 Å². The number of carbonyl (C=O) groups is 3. The van der Waals surface area contributed by atoms with Crippen molar-refractivity contribution in [2.75, 3.05) is 18.0 Å². The summed E-state index contributed by atoms with van der Waals surface area (Å²) in [5, 5.41) is 2.41. The molecule has 0 radical (unpaired) electrons. The van der Waals surface area contributed by atoms with Crippen molar-refractivity contribution in [2.24, 2.45) is 5.41 Å². The number of hydrogen-bond acceptors (Lipinski definition) is 4. The molecular weight excluding hydrogens is 304 g/mol. The molecule has 0 saturated carbocycles. The van der Waals surface area contributed by atoms with Gasteiger partial charge in [-0.05, 0) is 42.4 Å². The molecule has 1 N–H and O–H groups in total. The zero-order chi connectivity index (χ0) is 17.2. The van der Waals surface area contributed by atoms with Crippen LogP contribution in [0.15, 0.2) is 24.3 Å². The first-order valence-electron chi connectivity index (χ1n) is 8.63. The standard InChI is InChI=1S/C19H24N2O3/c1-19(10-13-22)8-11-21(12-9-19)15-4-2-14(3-5-15)16-6-7-17(23)20-18(16)24/h2-5,13,16H,6-12H2,1H3,(H,20,23,24)/t16-/m1/s1. The van der Waals surface area contributed by atoms with Gasteiger partial charge in [0, 0.05) is 31.6 Å². The lowest BCUT2D eigenvalue weighted by Gasteiger charge is -2.39. The lowest BCUT2D eigenvalue weighted by atomic mass is 9.78. The lowest BCUT2D eigenvalue weighted by molar-refractivity contribution is -0.134. The van der Waals surface area contributed by atoms with Gasteiger partial charge in [-0.3, -0.25) is 14.9 Å². The van der Waals surface area contributed by atoms with E-state index in [1.165, 1.54) is 0 Å². The molecule has 2 saturated heterocycles. The zero-order valence-corrected chi connectivity index (χ0v) is 14.1. The molecule has 2 amide bonds. The van der Waals surface area contributed by atoms with Crippen molar-refractivity contribution in [1.29, 1.82) is 0 Å². The summed E-state index contributed by atoms with van der Waals surface area (Å²) in [6.07, 6.45) is 4.68. The molecule has 5 nitrogen and oxygen atoms in total. The minimum Gasteiger partial charge on any atom is -0.371 e. The van der Waals surface area contributed by atoms with Crippen LogP contribution in [0.3, 0.4) is 0 Å². The molecule has 2 heterocycles. The van der Waals surface area contributed by atoms with Crippen LogP contribution in [0.4, 0.5) is 5.69 Å². The fraction of sp³-hybridized carbons (Fsp3) is 0.526. The third-order valence-electron chi connectivity index (χ3n) is 5.45. The number of benzene rings is 1. The molecule has 5 heteroatoms. The quantitative estimate of drug-likeness (QED) is 0.681. The van der Waals surface area contributed by atoms with Crippen molar-refractivity contribution in [3.05, 3.63) is 29.8 Å². The fourth-order valence-electron chi connectivity index (χ4n) is 3.64. The Morgan fingerprint density at radius 2 is 1.88 bits per heavy atom. The van der Waals surface area contributed by atoms with Crippen LogP contribution in [-0.4, -0.2) is 31.2 Å². The second kappa shape index (κ2) is 6.75. The first kappa shape index (κ1) is 16.7. The number of hydrogen-bond donors (Lipinski definition) is 1. The summed E-state index contributed by atoms with van der Waals surface area (Å²) in [6, 6.07) is 8.10. The average molecular weight is 328 g/mol. The molecule has 0 aliphatic carbocycles. The van der Waals surface area contributed by atoms with Gasteiger partial charge in [-0.2, -0.15) is 0 Å². The minimum absolute atomic E-state index is 0.130. The maximum Gasteiger partial charge on any atom is 0.234 e. The van der Waals surface area contributed by atoms with Gasteiger partial charge in [0.15, 0.2) is 0 Å². The van der Waals surface area contributed by atoms with Crippen molar-refractivity contribution in [3.8, 4) is 0 Å². The van der Waals surface area contributed by atoms with Crippen LogP contribution in [0, 0.1) is 5.41 Å². The summed E-state index contributed by atoms with van der Waals surface area (Å²) in [7, 11) is 0. The highest BCUT2D eigenvalue weighted by Gasteiger charge is 2.30. The Hall–Kier alpha value is -2.17. The first-order chi connectivity index (χ1) is 11.5. The van der Waals surface area contributed by atoms with E-state index in [-0.39, 0.29) is 23.1 Å². The largest absolute Gasteiger partial charge is 0.371 e. The van der Waals surface area contributed by atoms with E-state index in [1.54, 1.807) is 0 Å². The summed E-state index contributed by atoms with van der Waals surface area (Å²) in [6.45, 7) is 4.08. The number of imide groups is 1. The van der Waals surface area contributed by atoms with E-state index in [0.29, 0.717) is 19.3 Å². The second-order valence-corrected chi connectivity index (χ2v) is 7.26. The monoisotopic (exact) mass is 328 g/mol. The Balaban J connectivity index is 1.64. The van der Waals surface area contributed by atoms with Crippen molar-refractivity contribution in [3.63, 3.8) is 0 Å². The molecule has 1 aromatic rings. The van der Waals surface area contributed by atoms with Crippen molar-refractivity contribution in [2.45, 2.75) is 44.9 Å². The SMILES string of the molecule is CC1(CC=O)CCN(c2ccc([C@H]3CCC(=O)NC3=O)cc2)CC1. The van der Waals surface area contributed by atoms with E-state index in [4.69, 9.17) is 0 Å². The highest BCUT2D eigenvalue weighted by molar-refractivity contribution is 6.00. The third kappa shape index (κ3) is 3.50. The van der Waals surface area contributed by atoms with Gasteiger partial charge >= 0.3 is 0 Å². The van der Waals surface area contributed by atoms with Gasteiger partial charge in [0.1, 0.15) is 6.29 Å². The summed E-state index contributed by atoms with van der Waals surface area (Å²) in [5.41, 5.74) is 2.25. The van der Waals surface area contributed by atoms with Crippen LogP contribution in [0.1, 0.15) is 50.5 Å². The maximum atomic E-state index is 12.0. The van der Waals surface area contributed by atoms with Gasteiger partial charge in [0.05, 0.1) is 5.92 Å². The van der Waals surface area contributed by atoms with Crippen LogP contribution >= 0.6 is 0 Å². The van der Waals surface area contributed by atoms with Crippen LogP contribution < -0.4 is 10.2 Å². The van der Waals surface area contributed by atoms with E-state index in [9.17, 15) is 14.4 Å². The van der Waals surface area contributed by atoms with Crippen LogP contribution in [0.2, 0.25) is 0 Å². The number of anilines is 1. The molecule has 3 rings (SSSR count). The number of carbonyl (C=O) groups excluding carboxylic acids is 3. The van der Waals surface area contributed by atoms with Crippen LogP contribution in [0.5, 0.6) is 0 Å². The van der Waals surface area contributed by atoms with Crippen molar-refractivity contribution >= 4 is 23.8 Å². The Bertz CT molecular complexity index is 631. The van der Waals surface area contributed by atoms with E-state index in [0.717, 1.165) is 43.5 Å². The molecule has 0 spiro atoms. The topological polar surface area (TPSA) is 66.5 Å². The molecule has 128 valence electrons. The Morgan fingerprint density at radius 1 is 1.21 bits per heavy atom. The van der Waals surface area contributed by atoms with Crippen molar-refractivity contribution < 1.29 is 14.4 Å². The average Bonchev–Trinajstić information content (AvgIpc) is 2.56. The summed E-state index contributed by atoms with van der Waals surface area (Å²) >= 11 is 0. The number of aldehydes is 1. The van der Waals surface area contributed by atoms with Gasteiger partial charge in [-0.1, -0.05) is 19.1 Å². The molecule has 0 bridgehead atoms. The zero-order valence-electron chi connectivity index (χ0n) is 14.1. The van der Waals surface area contributed by atoms with Gasteiger partial charge in [0.2, 0.25) is 11.8 Å². The Kier molecular flexibility index (Phi) is 4.69. The molecule has 2 aliphatic rings. The van der Waals surface area contributed by atoms with E-state index in [2.05, 4.69) is 29.3 Å². The number of nitrogens with zero attached hydrogens (tertiary/aromatic N) is 1. The Morgan fingerprint density at radius 3 is 2.46 bits per heavy atom. The lowest BCUT2D eigenvalue weighted by Crippen LogP contribution is -2.39. The second-order valence-electron chi connectivity index (χ2n) is 7.26. The number of rotatable bonds is 4. The van der Waals surface area contributed by atoms with Gasteiger partial charge < -0.3 is 9.69 Å². The van der Waals surface area contributed by atoms with Crippen molar-refractivity contribution in [1.82, 2.24) is 5.32 Å². The van der Waals surface area contributed by atoms with E-state index in [1.807, 2.05) is 12.1 Å². The Labute approximate surface area is 142 Å². The normalized spacial score (nSPS) is 23.7. The fourth-order valence-corrected chi connectivity index (χ4v) is 3.64. The number of amides is 2. The predicted molar refractivity (Wildman–Crippen MR) is 91.8 cm³/mol. The van der Waals surface area contributed by atoms with Gasteiger partial charge in [0.25, 0.3) is 0 Å². The van der Waals surface area contributed by atoms with Gasteiger partial charge in [-0.15, -0.1) is 0 Å². The molecule has 24 heavy (non-hydrogen) atoms. The first-order valence-corrected chi connectivity index (χ1v) is 8.63. The molecule has 1 aromatic carbocycles. The van der Waals surface area contributed by atoms with Crippen LogP contribution in [0.25, 0.3) is 0 Å². The number of piperidine rings is 2. The molecule has 0 aromatic heterocycles.